The average molecular weight is 173 g/mol. The van der Waals surface area contributed by atoms with Gasteiger partial charge in [-0.15, -0.1) is 0 Å². The third kappa shape index (κ3) is 1.68. The monoisotopic (exact) mass is 173 g/mol. The number of fused-ring (bicyclic) bond motifs is 1. The third-order valence-electron chi connectivity index (χ3n) is 2.03. The van der Waals surface area contributed by atoms with Gasteiger partial charge in [0, 0.05) is 13.3 Å². The predicted octanol–water partition coefficient (Wildman–Crippen LogP) is 2.43. The van der Waals surface area contributed by atoms with Crippen LogP contribution in [0.2, 0.25) is 0 Å². The molecule has 0 fully saturated rings. The highest BCUT2D eigenvalue weighted by Crippen LogP contribution is 2.22. The second kappa shape index (κ2) is 3.54. The minimum atomic E-state index is -0.00704. The van der Waals surface area contributed by atoms with Gasteiger partial charge in [-0.05, 0) is 17.7 Å². The Kier molecular flexibility index (Phi) is 2.23. The van der Waals surface area contributed by atoms with Crippen LogP contribution in [0.4, 0.5) is 5.69 Å². The largest absolute Gasteiger partial charge is 0.372 e. The molecule has 2 nitrogen and oxygen atoms in total. The summed E-state index contributed by atoms with van der Waals surface area (Å²) >= 11 is 0. The maximum Gasteiger partial charge on any atom is 0.111 e. The molecule has 2 heteroatoms. The first-order valence-electron chi connectivity index (χ1n) is 4.24. The van der Waals surface area contributed by atoms with Gasteiger partial charge in [-0.25, -0.2) is 0 Å². The van der Waals surface area contributed by atoms with Crippen LogP contribution in [0.1, 0.15) is 5.56 Å². The maximum absolute atomic E-state index is 5.17. The summed E-state index contributed by atoms with van der Waals surface area (Å²) in [6.45, 7) is 0. The lowest BCUT2D eigenvalue weighted by Crippen LogP contribution is -2.06. The van der Waals surface area contributed by atoms with Crippen LogP contribution in [0.5, 0.6) is 0 Å². The number of aliphatic imine (C=N–C) groups is 1. The summed E-state index contributed by atoms with van der Waals surface area (Å²) in [6.07, 6.45) is 5.83. The van der Waals surface area contributed by atoms with Gasteiger partial charge in [0.15, 0.2) is 0 Å². The second-order valence-corrected chi connectivity index (χ2v) is 2.90. The van der Waals surface area contributed by atoms with Gasteiger partial charge in [-0.1, -0.05) is 24.3 Å². The smallest absolute Gasteiger partial charge is 0.111 e. The Balaban J connectivity index is 2.41. The van der Waals surface area contributed by atoms with Crippen molar-refractivity contribution in [2.75, 3.05) is 7.11 Å². The van der Waals surface area contributed by atoms with Crippen LogP contribution in [0.25, 0.3) is 6.08 Å². The zero-order valence-corrected chi connectivity index (χ0v) is 7.47. The van der Waals surface area contributed by atoms with Crippen molar-refractivity contribution in [1.82, 2.24) is 0 Å². The van der Waals surface area contributed by atoms with E-state index in [1.165, 1.54) is 0 Å². The molecule has 0 spiro atoms. The molecular formula is C11H11NO. The Morgan fingerprint density at radius 2 is 2.15 bits per heavy atom. The number of para-hydroxylation sites is 1. The molecular weight excluding hydrogens is 162 g/mol. The molecule has 1 aliphatic rings. The Bertz CT molecular complexity index is 322. The highest BCUT2D eigenvalue weighted by molar-refractivity contribution is 5.78. The van der Waals surface area contributed by atoms with Crippen molar-refractivity contribution in [2.24, 2.45) is 4.99 Å². The highest BCUT2D eigenvalue weighted by Gasteiger charge is 2.04. The standard InChI is InChI=1S/C11H11NO/c1-13-10-7-6-9-4-2-3-5-11(9)12-8-10/h2-8,10H,1H3. The van der Waals surface area contributed by atoms with Gasteiger partial charge in [0.25, 0.3) is 0 Å². The van der Waals surface area contributed by atoms with E-state index in [0.717, 1.165) is 11.3 Å². The molecule has 2 rings (SSSR count). The highest BCUT2D eigenvalue weighted by atomic mass is 16.5. The third-order valence-corrected chi connectivity index (χ3v) is 2.03. The molecule has 0 aromatic heterocycles. The summed E-state index contributed by atoms with van der Waals surface area (Å²) in [5.41, 5.74) is 2.14. The van der Waals surface area contributed by atoms with E-state index in [9.17, 15) is 0 Å². The molecule has 0 aliphatic carbocycles. The Morgan fingerprint density at radius 3 is 3.00 bits per heavy atom. The van der Waals surface area contributed by atoms with Crippen LogP contribution in [0.15, 0.2) is 35.3 Å². The fraction of sp³-hybridized carbons (Fsp3) is 0.182. The molecule has 0 bridgehead atoms. The zero-order chi connectivity index (χ0) is 9.10. The Hall–Kier alpha value is -1.41. The number of methoxy groups -OCH3 is 1. The van der Waals surface area contributed by atoms with Gasteiger partial charge in [0.2, 0.25) is 0 Å². The molecule has 0 amide bonds. The molecule has 13 heavy (non-hydrogen) atoms. The summed E-state index contributed by atoms with van der Waals surface area (Å²) in [5, 5.41) is 0. The van der Waals surface area contributed by atoms with E-state index in [0.29, 0.717) is 0 Å². The van der Waals surface area contributed by atoms with Crippen LogP contribution < -0.4 is 0 Å². The second-order valence-electron chi connectivity index (χ2n) is 2.90. The van der Waals surface area contributed by atoms with Crippen molar-refractivity contribution < 1.29 is 4.74 Å². The summed E-state index contributed by atoms with van der Waals surface area (Å²) < 4.78 is 5.17. The zero-order valence-electron chi connectivity index (χ0n) is 7.47. The van der Waals surface area contributed by atoms with Crippen molar-refractivity contribution in [3.8, 4) is 0 Å². The lowest BCUT2D eigenvalue weighted by Gasteiger charge is -1.99. The fourth-order valence-electron chi connectivity index (χ4n) is 1.29. The minimum Gasteiger partial charge on any atom is -0.372 e. The van der Waals surface area contributed by atoms with Gasteiger partial charge in [-0.3, -0.25) is 4.99 Å². The molecule has 0 saturated heterocycles. The van der Waals surface area contributed by atoms with Crippen molar-refractivity contribution in [2.45, 2.75) is 6.10 Å². The lowest BCUT2D eigenvalue weighted by molar-refractivity contribution is 0.195. The van der Waals surface area contributed by atoms with Gasteiger partial charge >= 0.3 is 0 Å². The molecule has 0 radical (unpaired) electrons. The molecule has 1 heterocycles. The Morgan fingerprint density at radius 1 is 1.31 bits per heavy atom. The Labute approximate surface area is 77.6 Å². The van der Waals surface area contributed by atoms with E-state index in [2.05, 4.69) is 4.99 Å². The van der Waals surface area contributed by atoms with E-state index in [1.54, 1.807) is 7.11 Å². The van der Waals surface area contributed by atoms with E-state index >= 15 is 0 Å². The van der Waals surface area contributed by atoms with Crippen molar-refractivity contribution >= 4 is 18.0 Å². The fourth-order valence-corrected chi connectivity index (χ4v) is 1.29. The van der Waals surface area contributed by atoms with Gasteiger partial charge in [0.1, 0.15) is 6.10 Å². The van der Waals surface area contributed by atoms with Crippen LogP contribution in [-0.4, -0.2) is 19.4 Å². The topological polar surface area (TPSA) is 21.6 Å². The van der Waals surface area contributed by atoms with Crippen LogP contribution in [-0.2, 0) is 4.74 Å². The normalized spacial score (nSPS) is 19.6. The molecule has 0 N–H and O–H groups in total. The average Bonchev–Trinajstić information content (AvgIpc) is 2.39. The first-order valence-corrected chi connectivity index (χ1v) is 4.24. The van der Waals surface area contributed by atoms with Crippen LogP contribution in [0.3, 0.4) is 0 Å². The van der Waals surface area contributed by atoms with E-state index in [1.807, 2.05) is 42.6 Å². The summed E-state index contributed by atoms with van der Waals surface area (Å²) in [6, 6.07) is 8.03. The molecule has 1 atom stereocenters. The maximum atomic E-state index is 5.17. The van der Waals surface area contributed by atoms with E-state index in [4.69, 9.17) is 4.74 Å². The SMILES string of the molecule is COC1C=Cc2ccccc2N=C1. The number of benzene rings is 1. The number of nitrogens with zero attached hydrogens (tertiary/aromatic N) is 1. The van der Waals surface area contributed by atoms with Crippen molar-refractivity contribution in [3.05, 3.63) is 35.9 Å². The number of ether oxygens (including phenoxy) is 1. The van der Waals surface area contributed by atoms with E-state index < -0.39 is 0 Å². The molecule has 0 saturated carbocycles. The van der Waals surface area contributed by atoms with Crippen molar-refractivity contribution in [1.29, 1.82) is 0 Å². The van der Waals surface area contributed by atoms with E-state index in [-0.39, 0.29) is 6.10 Å². The first kappa shape index (κ1) is 8.20. The molecule has 66 valence electrons. The molecule has 1 aromatic rings. The molecule has 1 unspecified atom stereocenters. The number of hydrogen-bond acceptors (Lipinski definition) is 2. The van der Waals surface area contributed by atoms with Gasteiger partial charge in [0.05, 0.1) is 5.69 Å². The number of hydrogen-bond donors (Lipinski definition) is 0. The summed E-state index contributed by atoms with van der Waals surface area (Å²) in [4.78, 5) is 4.33. The summed E-state index contributed by atoms with van der Waals surface area (Å²) in [7, 11) is 1.68. The predicted molar refractivity (Wildman–Crippen MR) is 54.4 cm³/mol. The van der Waals surface area contributed by atoms with Crippen molar-refractivity contribution in [3.63, 3.8) is 0 Å². The van der Waals surface area contributed by atoms with Gasteiger partial charge in [-0.2, -0.15) is 0 Å². The molecule has 1 aromatic carbocycles. The quantitative estimate of drug-likeness (QED) is 0.639. The lowest BCUT2D eigenvalue weighted by atomic mass is 10.2. The first-order chi connectivity index (χ1) is 6.40. The van der Waals surface area contributed by atoms with Crippen LogP contribution in [0, 0.1) is 0 Å². The molecule has 1 aliphatic heterocycles. The minimum absolute atomic E-state index is 0.00704. The number of rotatable bonds is 1. The van der Waals surface area contributed by atoms with Crippen LogP contribution >= 0.6 is 0 Å². The van der Waals surface area contributed by atoms with Gasteiger partial charge < -0.3 is 4.74 Å². The summed E-state index contributed by atoms with van der Waals surface area (Å²) in [5.74, 6) is 0.